The summed E-state index contributed by atoms with van der Waals surface area (Å²) in [5.74, 6) is 0.651. The first-order valence-corrected chi connectivity index (χ1v) is 9.44. The van der Waals surface area contributed by atoms with Crippen molar-refractivity contribution in [1.82, 2.24) is 9.88 Å². The molecule has 2 heterocycles. The van der Waals surface area contributed by atoms with Crippen molar-refractivity contribution in [2.24, 2.45) is 10.2 Å². The molecule has 1 amide bonds. The van der Waals surface area contributed by atoms with Crippen LogP contribution in [0.2, 0.25) is 0 Å². The van der Waals surface area contributed by atoms with Gasteiger partial charge in [-0.05, 0) is 23.1 Å². The molecule has 130 valence electrons. The van der Waals surface area contributed by atoms with Gasteiger partial charge in [-0.3, -0.25) is 4.79 Å². The number of amides is 1. The number of nitrogens with zero attached hydrogens (tertiary/aromatic N) is 3. The molecule has 5 nitrogen and oxygen atoms in total. The Bertz CT molecular complexity index is 991. The van der Waals surface area contributed by atoms with Gasteiger partial charge in [0.15, 0.2) is 5.17 Å². The fraction of sp³-hybridized carbons (Fsp3) is 0.150. The van der Waals surface area contributed by atoms with Gasteiger partial charge >= 0.3 is 0 Å². The van der Waals surface area contributed by atoms with E-state index in [1.54, 1.807) is 0 Å². The second-order valence-corrected chi connectivity index (χ2v) is 6.94. The molecule has 1 aliphatic rings. The molecule has 1 aliphatic heterocycles. The Morgan fingerprint density at radius 3 is 2.65 bits per heavy atom. The third kappa shape index (κ3) is 3.70. The van der Waals surface area contributed by atoms with Crippen molar-refractivity contribution in [1.29, 1.82) is 0 Å². The Balaban J connectivity index is 1.35. The van der Waals surface area contributed by atoms with Crippen LogP contribution in [0.5, 0.6) is 0 Å². The van der Waals surface area contributed by atoms with Crippen LogP contribution in [0.3, 0.4) is 0 Å². The molecular weight excluding hydrogens is 344 g/mol. The lowest BCUT2D eigenvalue weighted by Gasteiger charge is -2.13. The predicted molar refractivity (Wildman–Crippen MR) is 108 cm³/mol. The quantitative estimate of drug-likeness (QED) is 0.770. The lowest BCUT2D eigenvalue weighted by Crippen LogP contribution is -2.31. The number of carbonyl (C=O) groups excluding carboxylic acids is 1. The summed E-state index contributed by atoms with van der Waals surface area (Å²) >= 11 is 1.50. The largest absolute Gasteiger partial charge is 0.347 e. The SMILES string of the molecule is O=C(CCn1ccc2ccccc21)NC1=NN=C(c2ccccc2)CS1. The highest BCUT2D eigenvalue weighted by Crippen LogP contribution is 2.16. The summed E-state index contributed by atoms with van der Waals surface area (Å²) in [5, 5.41) is 13.0. The van der Waals surface area contributed by atoms with Gasteiger partial charge in [0.05, 0.1) is 5.71 Å². The molecule has 6 heteroatoms. The number of aryl methyl sites for hydroxylation is 1. The van der Waals surface area contributed by atoms with Crippen molar-refractivity contribution in [2.45, 2.75) is 13.0 Å². The monoisotopic (exact) mass is 362 g/mol. The number of para-hydroxylation sites is 1. The smallest absolute Gasteiger partial charge is 0.227 e. The zero-order chi connectivity index (χ0) is 17.8. The molecule has 0 saturated heterocycles. The second kappa shape index (κ2) is 7.58. The van der Waals surface area contributed by atoms with Crippen LogP contribution in [0.15, 0.2) is 77.1 Å². The van der Waals surface area contributed by atoms with E-state index in [0.29, 0.717) is 23.9 Å². The summed E-state index contributed by atoms with van der Waals surface area (Å²) in [7, 11) is 0. The molecule has 0 saturated carbocycles. The summed E-state index contributed by atoms with van der Waals surface area (Å²) in [4.78, 5) is 12.2. The van der Waals surface area contributed by atoms with Crippen molar-refractivity contribution >= 4 is 39.5 Å². The molecule has 0 radical (unpaired) electrons. The van der Waals surface area contributed by atoms with Gasteiger partial charge in [0, 0.05) is 30.4 Å². The first-order valence-electron chi connectivity index (χ1n) is 8.46. The summed E-state index contributed by atoms with van der Waals surface area (Å²) in [6, 6.07) is 20.2. The van der Waals surface area contributed by atoms with Crippen LogP contribution >= 0.6 is 11.8 Å². The predicted octanol–water partition coefficient (Wildman–Crippen LogP) is 3.65. The standard InChI is InChI=1S/C20H18N4OS/c25-19(11-13-24-12-10-16-8-4-5-9-18(16)24)21-20-23-22-17(14-26-20)15-6-2-1-3-7-15/h1-10,12H,11,13-14H2,(H,21,23,25). The second-order valence-electron chi connectivity index (χ2n) is 5.97. The highest BCUT2D eigenvalue weighted by atomic mass is 32.2. The summed E-state index contributed by atoms with van der Waals surface area (Å²) in [5.41, 5.74) is 3.13. The maximum atomic E-state index is 12.2. The van der Waals surface area contributed by atoms with Crippen molar-refractivity contribution in [3.8, 4) is 0 Å². The van der Waals surface area contributed by atoms with Crippen molar-refractivity contribution < 1.29 is 4.79 Å². The number of rotatable bonds is 4. The summed E-state index contributed by atoms with van der Waals surface area (Å²) in [6.45, 7) is 0.635. The minimum absolute atomic E-state index is 0.0487. The molecule has 0 spiro atoms. The Hall–Kier alpha value is -2.86. The van der Waals surface area contributed by atoms with Crippen molar-refractivity contribution in [2.75, 3.05) is 5.75 Å². The molecule has 0 bridgehead atoms. The van der Waals surface area contributed by atoms with Crippen molar-refractivity contribution in [3.63, 3.8) is 0 Å². The van der Waals surface area contributed by atoms with Crippen LogP contribution in [-0.4, -0.2) is 27.1 Å². The normalized spacial score (nSPS) is 14.0. The third-order valence-corrected chi connectivity index (χ3v) is 5.10. The Labute approximate surface area is 155 Å². The van der Waals surface area contributed by atoms with E-state index < -0.39 is 0 Å². The van der Waals surface area contributed by atoms with Crippen LogP contribution in [0, 0.1) is 0 Å². The number of carbonyl (C=O) groups is 1. The van der Waals surface area contributed by atoms with Gasteiger partial charge in [-0.1, -0.05) is 60.3 Å². The third-order valence-electron chi connectivity index (χ3n) is 4.22. The molecule has 3 aromatic rings. The molecule has 0 aliphatic carbocycles. The van der Waals surface area contributed by atoms with E-state index in [0.717, 1.165) is 16.8 Å². The minimum atomic E-state index is -0.0487. The van der Waals surface area contributed by atoms with E-state index in [9.17, 15) is 4.79 Å². The molecule has 2 aromatic carbocycles. The molecule has 4 rings (SSSR count). The lowest BCUT2D eigenvalue weighted by molar-refractivity contribution is -0.119. The van der Waals surface area contributed by atoms with Crippen LogP contribution in [0.25, 0.3) is 10.9 Å². The number of thioether (sulfide) groups is 1. The minimum Gasteiger partial charge on any atom is -0.347 e. The number of benzene rings is 2. The van der Waals surface area contributed by atoms with E-state index in [4.69, 9.17) is 0 Å². The van der Waals surface area contributed by atoms with E-state index in [-0.39, 0.29) is 5.91 Å². The van der Waals surface area contributed by atoms with Gasteiger partial charge in [-0.15, -0.1) is 5.10 Å². The number of amidine groups is 1. The highest BCUT2D eigenvalue weighted by Gasteiger charge is 2.14. The molecule has 0 atom stereocenters. The van der Waals surface area contributed by atoms with Gasteiger partial charge < -0.3 is 9.88 Å². The van der Waals surface area contributed by atoms with Crippen molar-refractivity contribution in [3.05, 3.63) is 72.4 Å². The number of aromatic nitrogens is 1. The number of hydrogen-bond acceptors (Lipinski definition) is 4. The fourth-order valence-corrected chi connectivity index (χ4v) is 3.65. The first-order chi connectivity index (χ1) is 12.8. The fourth-order valence-electron chi connectivity index (χ4n) is 2.87. The van der Waals surface area contributed by atoms with Gasteiger partial charge in [-0.25, -0.2) is 0 Å². The molecule has 0 unspecified atom stereocenters. The molecular formula is C20H18N4OS. The van der Waals surface area contributed by atoms with Crippen LogP contribution in [0.1, 0.15) is 12.0 Å². The van der Waals surface area contributed by atoms with Crippen LogP contribution in [-0.2, 0) is 11.3 Å². The first kappa shape index (κ1) is 16.6. The number of fused-ring (bicyclic) bond motifs is 1. The summed E-state index contributed by atoms with van der Waals surface area (Å²) < 4.78 is 2.09. The molecule has 1 N–H and O–H groups in total. The van der Waals surface area contributed by atoms with E-state index in [2.05, 4.69) is 38.3 Å². The molecule has 26 heavy (non-hydrogen) atoms. The zero-order valence-electron chi connectivity index (χ0n) is 14.1. The molecule has 0 fully saturated rings. The van der Waals surface area contributed by atoms with Gasteiger partial charge in [0.2, 0.25) is 5.91 Å². The maximum absolute atomic E-state index is 12.2. The van der Waals surface area contributed by atoms with Crippen LogP contribution in [0.4, 0.5) is 0 Å². The Morgan fingerprint density at radius 2 is 1.85 bits per heavy atom. The maximum Gasteiger partial charge on any atom is 0.227 e. The van der Waals surface area contributed by atoms with E-state index in [1.807, 2.05) is 48.7 Å². The lowest BCUT2D eigenvalue weighted by atomic mass is 10.1. The van der Waals surface area contributed by atoms with Gasteiger partial charge in [0.25, 0.3) is 0 Å². The topological polar surface area (TPSA) is 58.8 Å². The molecule has 1 aromatic heterocycles. The Kier molecular flexibility index (Phi) is 4.84. The summed E-state index contributed by atoms with van der Waals surface area (Å²) in [6.07, 6.45) is 2.41. The average molecular weight is 362 g/mol. The van der Waals surface area contributed by atoms with Gasteiger partial charge in [-0.2, -0.15) is 5.10 Å². The highest BCUT2D eigenvalue weighted by molar-refractivity contribution is 8.14. The Morgan fingerprint density at radius 1 is 1.04 bits per heavy atom. The van der Waals surface area contributed by atoms with Crippen LogP contribution < -0.4 is 5.32 Å². The average Bonchev–Trinajstić information content (AvgIpc) is 3.11. The number of nitrogens with one attached hydrogen (secondary N) is 1. The van der Waals surface area contributed by atoms with Gasteiger partial charge in [0.1, 0.15) is 0 Å². The zero-order valence-corrected chi connectivity index (χ0v) is 14.9. The van der Waals surface area contributed by atoms with E-state index in [1.165, 1.54) is 17.1 Å². The van der Waals surface area contributed by atoms with E-state index >= 15 is 0 Å². The number of hydrogen-bond donors (Lipinski definition) is 1.